The Morgan fingerprint density at radius 3 is 2.83 bits per heavy atom. The minimum absolute atomic E-state index is 0.0524. The van der Waals surface area contributed by atoms with Crippen LogP contribution in [0.5, 0.6) is 0 Å². The van der Waals surface area contributed by atoms with Gasteiger partial charge in [0, 0.05) is 0 Å². The molecular weight excluding hydrogens is 224 g/mol. The molecule has 0 radical (unpaired) electrons. The topological polar surface area (TPSA) is 87.9 Å². The van der Waals surface area contributed by atoms with Crippen LogP contribution in [-0.4, -0.2) is 21.5 Å². The van der Waals surface area contributed by atoms with Gasteiger partial charge in [0.2, 0.25) is 0 Å². The van der Waals surface area contributed by atoms with Crippen molar-refractivity contribution in [2.24, 2.45) is 0 Å². The van der Waals surface area contributed by atoms with E-state index in [1.54, 1.807) is 0 Å². The lowest BCUT2D eigenvalue weighted by Gasteiger charge is -1.98. The van der Waals surface area contributed by atoms with Gasteiger partial charge >= 0.3 is 0 Å². The number of nitrogen functional groups attached to an aromatic ring is 1. The van der Waals surface area contributed by atoms with Gasteiger partial charge in [-0.2, -0.15) is 10.4 Å². The second-order valence-electron chi connectivity index (χ2n) is 2.11. The molecule has 12 heavy (non-hydrogen) atoms. The lowest BCUT2D eigenvalue weighted by Crippen LogP contribution is -2.07. The first kappa shape index (κ1) is 9.03. The van der Waals surface area contributed by atoms with Crippen LogP contribution in [0.3, 0.4) is 0 Å². The molecule has 5 nitrogen and oxygen atoms in total. The number of rotatable bonds is 2. The largest absolute Gasteiger partial charge is 0.394 e. The smallest absolute Gasteiger partial charge is 0.148 e. The van der Waals surface area contributed by atoms with E-state index in [0.29, 0.717) is 16.7 Å². The molecule has 0 spiro atoms. The highest BCUT2D eigenvalue weighted by atomic mass is 79.9. The summed E-state index contributed by atoms with van der Waals surface area (Å²) in [5, 5.41) is 21.1. The third-order valence-corrected chi connectivity index (χ3v) is 1.93. The summed E-state index contributed by atoms with van der Waals surface area (Å²) in [6.07, 6.45) is 0. The summed E-state index contributed by atoms with van der Waals surface area (Å²) >= 11 is 3.08. The quantitative estimate of drug-likeness (QED) is 0.754. The van der Waals surface area contributed by atoms with Gasteiger partial charge in [-0.1, -0.05) is 0 Å². The fourth-order valence-corrected chi connectivity index (χ4v) is 1.30. The highest BCUT2D eigenvalue weighted by molar-refractivity contribution is 9.10. The lowest BCUT2D eigenvalue weighted by molar-refractivity contribution is 0.270. The van der Waals surface area contributed by atoms with Crippen LogP contribution in [0.15, 0.2) is 4.60 Å². The molecule has 3 N–H and O–H groups in total. The molecule has 0 aromatic carbocycles. The molecule has 64 valence electrons. The molecule has 0 aliphatic carbocycles. The van der Waals surface area contributed by atoms with Crippen molar-refractivity contribution >= 4 is 21.7 Å². The third-order valence-electron chi connectivity index (χ3n) is 1.37. The number of nitrogens with zero attached hydrogens (tertiary/aromatic N) is 3. The molecule has 0 bridgehead atoms. The zero-order valence-electron chi connectivity index (χ0n) is 6.16. The first-order chi connectivity index (χ1) is 5.70. The molecular formula is C6H7BrN4O. The van der Waals surface area contributed by atoms with E-state index in [2.05, 4.69) is 21.0 Å². The van der Waals surface area contributed by atoms with Crippen LogP contribution in [0.1, 0.15) is 5.56 Å². The second-order valence-corrected chi connectivity index (χ2v) is 2.86. The van der Waals surface area contributed by atoms with Crippen molar-refractivity contribution < 1.29 is 5.11 Å². The van der Waals surface area contributed by atoms with Gasteiger partial charge in [-0.3, -0.25) is 0 Å². The summed E-state index contributed by atoms with van der Waals surface area (Å²) in [5.74, 6) is 0.276. The Bertz CT molecular complexity index is 327. The van der Waals surface area contributed by atoms with Gasteiger partial charge in [0.05, 0.1) is 13.2 Å². The summed E-state index contributed by atoms with van der Waals surface area (Å²) in [6, 6.07) is 1.91. The minimum atomic E-state index is -0.0524. The highest BCUT2D eigenvalue weighted by Gasteiger charge is 2.11. The maximum Gasteiger partial charge on any atom is 0.148 e. The molecule has 1 aromatic rings. The molecule has 0 aliphatic heterocycles. The highest BCUT2D eigenvalue weighted by Crippen LogP contribution is 2.20. The predicted octanol–water partition coefficient (Wildman–Crippen LogP) is 0.0918. The third kappa shape index (κ3) is 1.42. The van der Waals surface area contributed by atoms with Crippen molar-refractivity contribution in [2.45, 2.75) is 6.54 Å². The lowest BCUT2D eigenvalue weighted by atomic mass is 10.4. The second kappa shape index (κ2) is 3.56. The van der Waals surface area contributed by atoms with Gasteiger partial charge in [0.1, 0.15) is 22.1 Å². The maximum atomic E-state index is 8.60. The first-order valence-electron chi connectivity index (χ1n) is 3.23. The molecule has 0 amide bonds. The van der Waals surface area contributed by atoms with Crippen molar-refractivity contribution in [3.8, 4) is 6.07 Å². The summed E-state index contributed by atoms with van der Waals surface area (Å²) in [7, 11) is 0. The summed E-state index contributed by atoms with van der Waals surface area (Å²) in [6.45, 7) is 0.245. The van der Waals surface area contributed by atoms with Gasteiger partial charge < -0.3 is 10.8 Å². The standard InChI is InChI=1S/C6H7BrN4O/c7-5-4(3-8)6(9)11(10-5)1-2-12/h12H,1-2,9H2. The zero-order chi connectivity index (χ0) is 9.14. The number of nitriles is 1. The Morgan fingerprint density at radius 1 is 1.75 bits per heavy atom. The van der Waals surface area contributed by atoms with Gasteiger partial charge in [0.25, 0.3) is 0 Å². The Kier molecular flexibility index (Phi) is 2.68. The van der Waals surface area contributed by atoms with Gasteiger partial charge in [0.15, 0.2) is 0 Å². The molecule has 0 saturated heterocycles. The average molecular weight is 231 g/mol. The van der Waals surface area contributed by atoms with Crippen molar-refractivity contribution in [1.82, 2.24) is 9.78 Å². The minimum Gasteiger partial charge on any atom is -0.394 e. The SMILES string of the molecule is N#Cc1c(Br)nn(CCO)c1N. The van der Waals surface area contributed by atoms with Crippen LogP contribution in [0.25, 0.3) is 0 Å². The van der Waals surface area contributed by atoms with Gasteiger partial charge in [-0.25, -0.2) is 4.68 Å². The summed E-state index contributed by atoms with van der Waals surface area (Å²) in [4.78, 5) is 0. The molecule has 0 unspecified atom stereocenters. The molecule has 0 atom stereocenters. The van der Waals surface area contributed by atoms with Crippen molar-refractivity contribution in [2.75, 3.05) is 12.3 Å². The number of nitrogens with two attached hydrogens (primary N) is 1. The van der Waals surface area contributed by atoms with E-state index in [-0.39, 0.29) is 12.4 Å². The molecule has 6 heteroatoms. The van der Waals surface area contributed by atoms with E-state index in [1.165, 1.54) is 4.68 Å². The molecule has 0 fully saturated rings. The van der Waals surface area contributed by atoms with Gasteiger partial charge in [-0.05, 0) is 15.9 Å². The van der Waals surface area contributed by atoms with E-state index in [4.69, 9.17) is 16.1 Å². The van der Waals surface area contributed by atoms with Crippen LogP contribution in [-0.2, 0) is 6.54 Å². The molecule has 1 aromatic heterocycles. The summed E-state index contributed by atoms with van der Waals surface area (Å²) in [5.41, 5.74) is 5.85. The van der Waals surface area contributed by atoms with Crippen LogP contribution >= 0.6 is 15.9 Å². The van der Waals surface area contributed by atoms with E-state index in [1.807, 2.05) is 6.07 Å². The van der Waals surface area contributed by atoms with E-state index >= 15 is 0 Å². The molecule has 0 saturated carbocycles. The molecule has 1 heterocycles. The molecule has 0 aliphatic rings. The van der Waals surface area contributed by atoms with Crippen LogP contribution in [0.2, 0.25) is 0 Å². The van der Waals surface area contributed by atoms with Crippen LogP contribution in [0.4, 0.5) is 5.82 Å². The zero-order valence-corrected chi connectivity index (χ0v) is 7.74. The Morgan fingerprint density at radius 2 is 2.42 bits per heavy atom. The Hall–Kier alpha value is -1.06. The molecule has 1 rings (SSSR count). The number of aliphatic hydroxyl groups excluding tert-OH is 1. The monoisotopic (exact) mass is 230 g/mol. The van der Waals surface area contributed by atoms with Crippen LogP contribution in [0, 0.1) is 11.3 Å². The number of aromatic nitrogens is 2. The van der Waals surface area contributed by atoms with Crippen molar-refractivity contribution in [3.63, 3.8) is 0 Å². The van der Waals surface area contributed by atoms with Crippen molar-refractivity contribution in [1.29, 1.82) is 5.26 Å². The van der Waals surface area contributed by atoms with Crippen LogP contribution < -0.4 is 5.73 Å². The van der Waals surface area contributed by atoms with E-state index < -0.39 is 0 Å². The van der Waals surface area contributed by atoms with Gasteiger partial charge in [-0.15, -0.1) is 0 Å². The number of hydrogen-bond donors (Lipinski definition) is 2. The fourth-order valence-electron chi connectivity index (χ4n) is 0.813. The Balaban J connectivity index is 3.10. The van der Waals surface area contributed by atoms with Crippen molar-refractivity contribution in [3.05, 3.63) is 10.2 Å². The number of hydrogen-bond acceptors (Lipinski definition) is 4. The predicted molar refractivity (Wildman–Crippen MR) is 46.1 cm³/mol. The summed E-state index contributed by atoms with van der Waals surface area (Å²) < 4.78 is 1.79. The van der Waals surface area contributed by atoms with E-state index in [0.717, 1.165) is 0 Å². The average Bonchev–Trinajstić information content (AvgIpc) is 2.29. The maximum absolute atomic E-state index is 8.60. The van der Waals surface area contributed by atoms with E-state index in [9.17, 15) is 0 Å². The number of halogens is 1. The fraction of sp³-hybridized carbons (Fsp3) is 0.333. The number of aliphatic hydroxyl groups is 1. The normalized spacial score (nSPS) is 9.75. The number of anilines is 1. The Labute approximate surface area is 77.5 Å². The first-order valence-corrected chi connectivity index (χ1v) is 4.02.